The third kappa shape index (κ3) is 4.22. The van der Waals surface area contributed by atoms with E-state index in [9.17, 15) is 9.59 Å². The zero-order valence-electron chi connectivity index (χ0n) is 16.0. The van der Waals surface area contributed by atoms with Gasteiger partial charge < -0.3 is 19.9 Å². The zero-order chi connectivity index (χ0) is 19.4. The number of rotatable bonds is 5. The second-order valence-electron chi connectivity index (χ2n) is 6.82. The predicted octanol–water partition coefficient (Wildman–Crippen LogP) is 2.79. The maximum Gasteiger partial charge on any atom is 0.253 e. The first kappa shape index (κ1) is 18.8. The van der Waals surface area contributed by atoms with Crippen molar-refractivity contribution in [3.8, 4) is 5.75 Å². The molecule has 3 rings (SSSR count). The highest BCUT2D eigenvalue weighted by Crippen LogP contribution is 2.35. The monoisotopic (exact) mass is 367 g/mol. The highest BCUT2D eigenvalue weighted by molar-refractivity contribution is 5.98. The molecule has 0 aromatic heterocycles. The number of hydrogen-bond donors (Lipinski definition) is 1. The molecule has 1 aliphatic heterocycles. The summed E-state index contributed by atoms with van der Waals surface area (Å²) >= 11 is 0. The summed E-state index contributed by atoms with van der Waals surface area (Å²) in [6, 6.07) is 13.0. The Morgan fingerprint density at radius 1 is 1.19 bits per heavy atom. The average Bonchev–Trinajstić information content (AvgIpc) is 2.67. The van der Waals surface area contributed by atoms with Crippen molar-refractivity contribution >= 4 is 23.2 Å². The number of amides is 2. The van der Waals surface area contributed by atoms with Crippen LogP contribution < -0.4 is 15.0 Å². The van der Waals surface area contributed by atoms with Crippen LogP contribution in [0.2, 0.25) is 0 Å². The fourth-order valence-electron chi connectivity index (χ4n) is 3.39. The lowest BCUT2D eigenvalue weighted by atomic mass is 10.0. The zero-order valence-corrected chi connectivity index (χ0v) is 16.0. The minimum atomic E-state index is -0.122. The van der Waals surface area contributed by atoms with Crippen molar-refractivity contribution in [2.24, 2.45) is 0 Å². The van der Waals surface area contributed by atoms with E-state index in [0.29, 0.717) is 11.3 Å². The Hall–Kier alpha value is -3.02. The Labute approximate surface area is 159 Å². The fourth-order valence-corrected chi connectivity index (χ4v) is 3.39. The third-order valence-electron chi connectivity index (χ3n) is 4.63. The van der Waals surface area contributed by atoms with Crippen LogP contribution in [0, 0.1) is 0 Å². The van der Waals surface area contributed by atoms with Gasteiger partial charge in [0.25, 0.3) is 5.91 Å². The van der Waals surface area contributed by atoms with E-state index in [0.717, 1.165) is 30.8 Å². The number of fused-ring (bicyclic) bond motifs is 1. The molecule has 0 fully saturated rings. The standard InChI is InChI=1S/C21H25N3O3/c1-23(2)21(26)16-8-4-10-17(13-16)22-19(25)14-24-12-6-9-15-7-5-11-18(27-3)20(15)24/h4-5,7-8,10-11,13H,6,9,12,14H2,1-3H3,(H,22,25). The summed E-state index contributed by atoms with van der Waals surface area (Å²) in [5.74, 6) is 0.572. The number of methoxy groups -OCH3 is 1. The van der Waals surface area contributed by atoms with Crippen molar-refractivity contribution < 1.29 is 14.3 Å². The maximum atomic E-state index is 12.6. The summed E-state index contributed by atoms with van der Waals surface area (Å²) in [5.41, 5.74) is 3.36. The van der Waals surface area contributed by atoms with Crippen LogP contribution in [0.1, 0.15) is 22.3 Å². The van der Waals surface area contributed by atoms with Crippen molar-refractivity contribution in [1.82, 2.24) is 4.90 Å². The molecule has 0 unspecified atom stereocenters. The normalized spacial score (nSPS) is 12.9. The Kier molecular flexibility index (Phi) is 5.64. The van der Waals surface area contributed by atoms with Gasteiger partial charge in [-0.2, -0.15) is 0 Å². The van der Waals surface area contributed by atoms with Gasteiger partial charge in [0.2, 0.25) is 5.91 Å². The van der Waals surface area contributed by atoms with Crippen LogP contribution in [0.4, 0.5) is 11.4 Å². The van der Waals surface area contributed by atoms with E-state index in [1.807, 2.05) is 12.1 Å². The number of anilines is 2. The molecule has 2 aromatic rings. The first-order chi connectivity index (χ1) is 13.0. The molecule has 0 radical (unpaired) electrons. The highest BCUT2D eigenvalue weighted by Gasteiger charge is 2.22. The molecule has 1 N–H and O–H groups in total. The van der Waals surface area contributed by atoms with Gasteiger partial charge in [-0.25, -0.2) is 0 Å². The number of nitrogens with one attached hydrogen (secondary N) is 1. The lowest BCUT2D eigenvalue weighted by Crippen LogP contribution is -2.37. The summed E-state index contributed by atoms with van der Waals surface area (Å²) in [5, 5.41) is 2.90. The van der Waals surface area contributed by atoms with Crippen molar-refractivity contribution in [2.75, 3.05) is 44.5 Å². The van der Waals surface area contributed by atoms with E-state index in [1.54, 1.807) is 45.5 Å². The molecule has 0 spiro atoms. The van der Waals surface area contributed by atoms with Crippen molar-refractivity contribution in [2.45, 2.75) is 12.8 Å². The van der Waals surface area contributed by atoms with Crippen molar-refractivity contribution in [3.63, 3.8) is 0 Å². The Balaban J connectivity index is 1.73. The number of para-hydroxylation sites is 1. The lowest BCUT2D eigenvalue weighted by Gasteiger charge is -2.32. The molecule has 0 bridgehead atoms. The SMILES string of the molecule is COc1cccc2c1N(CC(=O)Nc1cccc(C(=O)N(C)C)c1)CCC2. The van der Waals surface area contributed by atoms with E-state index >= 15 is 0 Å². The molecular formula is C21H25N3O3. The smallest absolute Gasteiger partial charge is 0.253 e. The van der Waals surface area contributed by atoms with Crippen LogP contribution >= 0.6 is 0 Å². The molecule has 1 heterocycles. The van der Waals surface area contributed by atoms with Crippen molar-refractivity contribution in [1.29, 1.82) is 0 Å². The summed E-state index contributed by atoms with van der Waals surface area (Å²) < 4.78 is 5.49. The predicted molar refractivity (Wildman–Crippen MR) is 107 cm³/mol. The number of aryl methyl sites for hydroxylation is 1. The number of carbonyl (C=O) groups is 2. The van der Waals surface area contributed by atoms with Gasteiger partial charge in [0.05, 0.1) is 19.3 Å². The summed E-state index contributed by atoms with van der Waals surface area (Å²) in [7, 11) is 5.05. The molecule has 2 aromatic carbocycles. The molecule has 0 saturated heterocycles. The van der Waals surface area contributed by atoms with E-state index in [4.69, 9.17) is 4.74 Å². The summed E-state index contributed by atoms with van der Waals surface area (Å²) in [6.45, 7) is 1.04. The van der Waals surface area contributed by atoms with E-state index < -0.39 is 0 Å². The fraction of sp³-hybridized carbons (Fsp3) is 0.333. The highest BCUT2D eigenvalue weighted by atomic mass is 16.5. The number of carbonyl (C=O) groups excluding carboxylic acids is 2. The van der Waals surface area contributed by atoms with E-state index in [2.05, 4.69) is 16.3 Å². The minimum absolute atomic E-state index is 0.0965. The quantitative estimate of drug-likeness (QED) is 0.883. The molecule has 6 heteroatoms. The topological polar surface area (TPSA) is 61.9 Å². The number of nitrogens with zero attached hydrogens (tertiary/aromatic N) is 2. The Morgan fingerprint density at radius 2 is 1.96 bits per heavy atom. The third-order valence-corrected chi connectivity index (χ3v) is 4.63. The maximum absolute atomic E-state index is 12.6. The van der Waals surface area contributed by atoms with Crippen LogP contribution in [0.5, 0.6) is 5.75 Å². The van der Waals surface area contributed by atoms with Gasteiger partial charge in [0.1, 0.15) is 5.75 Å². The van der Waals surface area contributed by atoms with Gasteiger partial charge in [-0.15, -0.1) is 0 Å². The largest absolute Gasteiger partial charge is 0.495 e. The second-order valence-corrected chi connectivity index (χ2v) is 6.82. The Bertz CT molecular complexity index is 834. The molecule has 0 atom stereocenters. The first-order valence-electron chi connectivity index (χ1n) is 9.02. The van der Waals surface area contributed by atoms with Crippen LogP contribution in [0.3, 0.4) is 0 Å². The van der Waals surface area contributed by atoms with E-state index in [-0.39, 0.29) is 18.4 Å². The van der Waals surface area contributed by atoms with E-state index in [1.165, 1.54) is 10.5 Å². The first-order valence-corrected chi connectivity index (χ1v) is 9.02. The molecule has 0 saturated carbocycles. The molecule has 0 aliphatic carbocycles. The number of benzene rings is 2. The number of ether oxygens (including phenoxy) is 1. The lowest BCUT2D eigenvalue weighted by molar-refractivity contribution is -0.115. The summed E-state index contributed by atoms with van der Waals surface area (Å²) in [6.07, 6.45) is 1.99. The molecular weight excluding hydrogens is 342 g/mol. The van der Waals surface area contributed by atoms with Crippen LogP contribution in [0.25, 0.3) is 0 Å². The van der Waals surface area contributed by atoms with Crippen LogP contribution in [0.15, 0.2) is 42.5 Å². The van der Waals surface area contributed by atoms with Gasteiger partial charge in [-0.3, -0.25) is 9.59 Å². The van der Waals surface area contributed by atoms with Crippen molar-refractivity contribution in [3.05, 3.63) is 53.6 Å². The van der Waals surface area contributed by atoms with Gasteiger partial charge in [-0.1, -0.05) is 18.2 Å². The molecule has 142 valence electrons. The Morgan fingerprint density at radius 3 is 2.70 bits per heavy atom. The van der Waals surface area contributed by atoms with Gasteiger partial charge in [0, 0.05) is 31.9 Å². The van der Waals surface area contributed by atoms with Crippen LogP contribution in [-0.2, 0) is 11.2 Å². The molecule has 6 nitrogen and oxygen atoms in total. The average molecular weight is 367 g/mol. The number of hydrogen-bond acceptors (Lipinski definition) is 4. The van der Waals surface area contributed by atoms with Gasteiger partial charge >= 0.3 is 0 Å². The van der Waals surface area contributed by atoms with Gasteiger partial charge in [-0.05, 0) is 42.7 Å². The molecule has 2 amide bonds. The van der Waals surface area contributed by atoms with Gasteiger partial charge in [0.15, 0.2) is 0 Å². The second kappa shape index (κ2) is 8.12. The summed E-state index contributed by atoms with van der Waals surface area (Å²) in [4.78, 5) is 28.3. The minimum Gasteiger partial charge on any atom is -0.495 e. The van der Waals surface area contributed by atoms with Crippen LogP contribution in [-0.4, -0.2) is 51.0 Å². The molecule has 1 aliphatic rings. The molecule has 27 heavy (non-hydrogen) atoms.